The van der Waals surface area contributed by atoms with E-state index in [1.54, 1.807) is 0 Å². The van der Waals surface area contributed by atoms with E-state index in [2.05, 4.69) is 0 Å². The Morgan fingerprint density at radius 2 is 1.50 bits per heavy atom. The zero-order valence-electron chi connectivity index (χ0n) is 9.80. The molecule has 0 aromatic carbocycles. The van der Waals surface area contributed by atoms with Gasteiger partial charge in [-0.3, -0.25) is 5.21 Å². The Balaban J connectivity index is 5.07. The lowest BCUT2D eigenvalue weighted by Crippen LogP contribution is -2.36. The van der Waals surface area contributed by atoms with Gasteiger partial charge in [0.2, 0.25) is 6.21 Å². The lowest BCUT2D eigenvalue weighted by molar-refractivity contribution is -0.809. The van der Waals surface area contributed by atoms with Crippen LogP contribution in [-0.2, 0) is 0 Å². The molecule has 86 valence electrons. The van der Waals surface area contributed by atoms with E-state index >= 15 is 0 Å². The van der Waals surface area contributed by atoms with Crippen molar-refractivity contribution in [3.8, 4) is 12.1 Å². The van der Waals surface area contributed by atoms with Crippen LogP contribution >= 0.6 is 0 Å². The third-order valence-electron chi connectivity index (χ3n) is 2.01. The van der Waals surface area contributed by atoms with Gasteiger partial charge >= 0.3 is 0 Å². The summed E-state index contributed by atoms with van der Waals surface area (Å²) in [7, 11) is 0. The summed E-state index contributed by atoms with van der Waals surface area (Å²) in [6.07, 6.45) is 2.05. The largest absolute Gasteiger partial charge is 0.622 e. The molecule has 0 fully saturated rings. The molecule has 0 aliphatic carbocycles. The molecule has 0 aliphatic rings. The van der Waals surface area contributed by atoms with E-state index < -0.39 is 11.1 Å². The van der Waals surface area contributed by atoms with Gasteiger partial charge in [-0.1, -0.05) is 0 Å². The second-order valence-electron chi connectivity index (χ2n) is 4.31. The van der Waals surface area contributed by atoms with Crippen LogP contribution in [0.4, 0.5) is 0 Å². The van der Waals surface area contributed by atoms with Crippen molar-refractivity contribution in [2.75, 3.05) is 0 Å². The third kappa shape index (κ3) is 3.25. The maximum absolute atomic E-state index is 11.4. The van der Waals surface area contributed by atoms with Crippen LogP contribution in [0.5, 0.6) is 0 Å². The molecule has 6 nitrogen and oxygen atoms in total. The van der Waals surface area contributed by atoms with Crippen LogP contribution in [0.25, 0.3) is 0 Å². The fourth-order valence-electron chi connectivity index (χ4n) is 0.597. The van der Waals surface area contributed by atoms with Gasteiger partial charge in [-0.15, -0.1) is 0 Å². The van der Waals surface area contributed by atoms with Crippen molar-refractivity contribution in [3.63, 3.8) is 0 Å². The highest BCUT2D eigenvalue weighted by Gasteiger charge is 2.31. The molecule has 0 spiro atoms. The van der Waals surface area contributed by atoms with Gasteiger partial charge in [0, 0.05) is 27.7 Å². The molecule has 16 heavy (non-hydrogen) atoms. The molecule has 6 heteroatoms. The summed E-state index contributed by atoms with van der Waals surface area (Å²) in [6, 6.07) is 3.67. The van der Waals surface area contributed by atoms with Crippen molar-refractivity contribution < 1.29 is 14.7 Å². The van der Waals surface area contributed by atoms with Crippen molar-refractivity contribution in [2.45, 2.75) is 38.8 Å². The van der Waals surface area contributed by atoms with Gasteiger partial charge in [0.15, 0.2) is 0 Å². The second-order valence-corrected chi connectivity index (χ2v) is 4.31. The summed E-state index contributed by atoms with van der Waals surface area (Å²) < 4.78 is 1.02. The molecule has 0 saturated carbocycles. The van der Waals surface area contributed by atoms with E-state index in [1.807, 2.05) is 12.1 Å². The van der Waals surface area contributed by atoms with Crippen LogP contribution in [0, 0.1) is 27.9 Å². The van der Waals surface area contributed by atoms with Crippen molar-refractivity contribution >= 4 is 12.4 Å². The molecular weight excluding hydrogens is 208 g/mol. The Morgan fingerprint density at radius 3 is 1.88 bits per heavy atom. The summed E-state index contributed by atoms with van der Waals surface area (Å²) in [6.45, 7) is 5.87. The number of nitrogens with zero attached hydrogens (tertiary/aromatic N) is 4. The van der Waals surface area contributed by atoms with Crippen LogP contribution in [0.2, 0.25) is 0 Å². The Morgan fingerprint density at radius 1 is 1.06 bits per heavy atom. The molecule has 0 aromatic heterocycles. The van der Waals surface area contributed by atoms with Gasteiger partial charge in [-0.05, 0) is 4.74 Å². The number of nitriles is 2. The Labute approximate surface area is 94.5 Å². The average Bonchev–Trinajstić information content (AvgIpc) is 2.24. The summed E-state index contributed by atoms with van der Waals surface area (Å²) in [5.74, 6) is 0. The minimum absolute atomic E-state index is 0.406. The average molecular weight is 223 g/mol. The van der Waals surface area contributed by atoms with E-state index in [0.717, 1.165) is 12.4 Å². The number of hydroxylamine groups is 2. The highest BCUT2D eigenvalue weighted by atomic mass is 16.5. The van der Waals surface area contributed by atoms with Gasteiger partial charge in [0.1, 0.15) is 12.1 Å². The van der Waals surface area contributed by atoms with Gasteiger partial charge in [0.05, 0.1) is 0 Å². The Hall–Kier alpha value is -2.08. The lowest BCUT2D eigenvalue weighted by atomic mass is 10.1. The third-order valence-corrected chi connectivity index (χ3v) is 2.01. The molecular formula is C10H15N4O2+. The zero-order valence-corrected chi connectivity index (χ0v) is 9.80. The van der Waals surface area contributed by atoms with E-state index in [1.165, 1.54) is 27.7 Å². The first kappa shape index (κ1) is 13.9. The summed E-state index contributed by atoms with van der Waals surface area (Å²) in [5.41, 5.74) is -2.34. The Bertz CT molecular complexity index is 368. The molecule has 0 unspecified atom stereocenters. The normalized spacial score (nSPS) is 14.1. The predicted octanol–water partition coefficient (Wildman–Crippen LogP) is 0.644. The molecule has 0 bridgehead atoms. The second kappa shape index (κ2) is 4.63. The van der Waals surface area contributed by atoms with Gasteiger partial charge < -0.3 is 5.21 Å². The van der Waals surface area contributed by atoms with Gasteiger partial charge in [-0.25, -0.2) is 0 Å². The van der Waals surface area contributed by atoms with Gasteiger partial charge in [0.25, 0.3) is 17.3 Å². The first-order chi connectivity index (χ1) is 7.17. The van der Waals surface area contributed by atoms with Gasteiger partial charge in [-0.2, -0.15) is 15.3 Å². The highest BCUT2D eigenvalue weighted by Crippen LogP contribution is 2.05. The minimum atomic E-state index is -1.21. The quantitative estimate of drug-likeness (QED) is 0.249. The topological polar surface area (TPSA) is 96.9 Å². The van der Waals surface area contributed by atoms with Crippen molar-refractivity contribution in [1.29, 1.82) is 10.5 Å². The van der Waals surface area contributed by atoms with Crippen LogP contribution < -0.4 is 0 Å². The van der Waals surface area contributed by atoms with E-state index in [4.69, 9.17) is 10.5 Å². The molecule has 0 aliphatic heterocycles. The minimum Gasteiger partial charge on any atom is -0.622 e. The van der Waals surface area contributed by atoms with Crippen molar-refractivity contribution in [3.05, 3.63) is 5.21 Å². The standard InChI is InChI=1S/C10H15N4O2/c1-9(2,7-11)13(15)5-6-14(16)10(3,4)8-12/h5-6,15H,1-4H3/q+1. The number of rotatable bonds is 3. The highest BCUT2D eigenvalue weighted by molar-refractivity contribution is 6.11. The van der Waals surface area contributed by atoms with E-state index in [-0.39, 0.29) is 0 Å². The Kier molecular flexibility index (Phi) is 4.02. The first-order valence-corrected chi connectivity index (χ1v) is 4.63. The van der Waals surface area contributed by atoms with Crippen LogP contribution in [-0.4, -0.2) is 38.2 Å². The molecule has 0 rings (SSSR count). The molecule has 0 saturated heterocycles. The molecule has 0 aromatic rings. The summed E-state index contributed by atoms with van der Waals surface area (Å²) >= 11 is 0. The SMILES string of the molecule is CC(C)(C#N)[N+]([O-])=CC=[N+](O)C(C)(C)C#N. The zero-order chi connectivity index (χ0) is 13.0. The predicted molar refractivity (Wildman–Crippen MR) is 57.2 cm³/mol. The molecule has 0 radical (unpaired) electrons. The van der Waals surface area contributed by atoms with Crippen molar-refractivity contribution in [1.82, 2.24) is 0 Å². The maximum Gasteiger partial charge on any atom is 0.289 e. The number of hydrogen-bond acceptors (Lipinski definition) is 4. The summed E-state index contributed by atoms with van der Waals surface area (Å²) in [5, 5.41) is 38.2. The monoisotopic (exact) mass is 223 g/mol. The van der Waals surface area contributed by atoms with Crippen LogP contribution in [0.15, 0.2) is 0 Å². The first-order valence-electron chi connectivity index (χ1n) is 4.63. The van der Waals surface area contributed by atoms with E-state index in [0.29, 0.717) is 9.48 Å². The maximum atomic E-state index is 11.4. The van der Waals surface area contributed by atoms with Crippen LogP contribution in [0.1, 0.15) is 27.7 Å². The summed E-state index contributed by atoms with van der Waals surface area (Å²) in [4.78, 5) is 0. The fraction of sp³-hybridized carbons (Fsp3) is 0.600. The van der Waals surface area contributed by atoms with E-state index in [9.17, 15) is 10.4 Å². The molecule has 0 atom stereocenters. The lowest BCUT2D eigenvalue weighted by Gasteiger charge is -2.14. The smallest absolute Gasteiger partial charge is 0.289 e. The fourth-order valence-corrected chi connectivity index (χ4v) is 0.597. The molecule has 1 N–H and O–H groups in total. The van der Waals surface area contributed by atoms with Crippen LogP contribution in [0.3, 0.4) is 0 Å². The number of hydrogen-bond donors (Lipinski definition) is 1. The van der Waals surface area contributed by atoms with Crippen molar-refractivity contribution in [2.24, 2.45) is 0 Å². The molecule has 0 heterocycles. The molecule has 0 amide bonds.